The van der Waals surface area contributed by atoms with Crippen LogP contribution in [0.3, 0.4) is 0 Å². The average Bonchev–Trinajstić information content (AvgIpc) is 2.57. The molecule has 78 valence electrons. The molecule has 1 aromatic carbocycles. The first-order chi connectivity index (χ1) is 7.16. The van der Waals surface area contributed by atoms with Crippen molar-refractivity contribution in [2.75, 3.05) is 0 Å². The summed E-state index contributed by atoms with van der Waals surface area (Å²) in [5.74, 6) is 0. The molecule has 1 aliphatic rings. The Morgan fingerprint density at radius 2 is 2.27 bits per heavy atom. The molecular formula is C10H10ClN3O. The van der Waals surface area contributed by atoms with Crippen LogP contribution in [0.1, 0.15) is 17.5 Å². The first-order valence-electron chi connectivity index (χ1n) is 4.57. The van der Waals surface area contributed by atoms with Crippen molar-refractivity contribution in [1.82, 2.24) is 5.43 Å². The first kappa shape index (κ1) is 9.98. The number of carbonyl (C=O) groups is 1. The number of carbonyl (C=O) groups excluding carboxylic acids is 1. The van der Waals surface area contributed by atoms with Crippen LogP contribution in [0.5, 0.6) is 0 Å². The third-order valence-corrected chi connectivity index (χ3v) is 2.55. The number of amides is 2. The number of rotatable bonds is 1. The van der Waals surface area contributed by atoms with Crippen LogP contribution in [-0.2, 0) is 6.42 Å². The molecule has 5 heteroatoms. The number of nitrogens with two attached hydrogens (primary N) is 1. The molecule has 0 saturated carbocycles. The van der Waals surface area contributed by atoms with E-state index in [0.29, 0.717) is 0 Å². The van der Waals surface area contributed by atoms with Crippen LogP contribution in [0.25, 0.3) is 0 Å². The number of hydrogen-bond donors (Lipinski definition) is 2. The highest BCUT2D eigenvalue weighted by atomic mass is 35.5. The highest BCUT2D eigenvalue weighted by molar-refractivity contribution is 6.30. The summed E-state index contributed by atoms with van der Waals surface area (Å²) in [6.07, 6.45) is 1.70. The van der Waals surface area contributed by atoms with Crippen molar-refractivity contribution in [3.05, 3.63) is 34.3 Å². The zero-order valence-corrected chi connectivity index (χ0v) is 8.71. The molecule has 0 saturated heterocycles. The van der Waals surface area contributed by atoms with E-state index in [2.05, 4.69) is 10.5 Å². The molecule has 0 unspecified atom stereocenters. The molecule has 0 radical (unpaired) electrons. The Balaban J connectivity index is 2.28. The first-order valence-corrected chi connectivity index (χ1v) is 4.95. The van der Waals surface area contributed by atoms with Gasteiger partial charge >= 0.3 is 6.03 Å². The Bertz CT molecular complexity index is 442. The van der Waals surface area contributed by atoms with Gasteiger partial charge in [0, 0.05) is 10.6 Å². The Labute approximate surface area is 92.1 Å². The van der Waals surface area contributed by atoms with E-state index in [0.717, 1.165) is 34.7 Å². The Morgan fingerprint density at radius 3 is 3.00 bits per heavy atom. The molecule has 1 aromatic rings. The highest BCUT2D eigenvalue weighted by Gasteiger charge is 2.17. The maximum absolute atomic E-state index is 10.5. The van der Waals surface area contributed by atoms with Gasteiger partial charge in [-0.05, 0) is 30.5 Å². The van der Waals surface area contributed by atoms with Crippen molar-refractivity contribution in [3.8, 4) is 0 Å². The van der Waals surface area contributed by atoms with Gasteiger partial charge in [0.15, 0.2) is 0 Å². The quantitative estimate of drug-likeness (QED) is 0.699. The normalized spacial score (nSPS) is 16.5. The minimum absolute atomic E-state index is 0.648. The van der Waals surface area contributed by atoms with E-state index in [1.807, 2.05) is 18.2 Å². The van der Waals surface area contributed by atoms with Crippen LogP contribution in [0.15, 0.2) is 23.3 Å². The SMILES string of the molecule is NC(=O)N/N=C1/CCc2cc(Cl)ccc21. The van der Waals surface area contributed by atoms with Crippen molar-refractivity contribution in [2.45, 2.75) is 12.8 Å². The molecule has 3 N–H and O–H groups in total. The second-order valence-electron chi connectivity index (χ2n) is 3.34. The molecule has 15 heavy (non-hydrogen) atoms. The third-order valence-electron chi connectivity index (χ3n) is 2.31. The number of hydrazone groups is 1. The predicted octanol–water partition coefficient (Wildman–Crippen LogP) is 1.66. The van der Waals surface area contributed by atoms with Gasteiger partial charge in [-0.25, -0.2) is 10.2 Å². The van der Waals surface area contributed by atoms with Gasteiger partial charge in [0.1, 0.15) is 0 Å². The number of urea groups is 1. The smallest absolute Gasteiger partial charge is 0.332 e. The standard InChI is InChI=1S/C10H10ClN3O/c11-7-2-3-8-6(5-7)1-4-9(8)13-14-10(12)15/h2-3,5H,1,4H2,(H3,12,14,15)/b13-9-. The van der Waals surface area contributed by atoms with Gasteiger partial charge in [-0.3, -0.25) is 0 Å². The fraction of sp³-hybridized carbons (Fsp3) is 0.200. The van der Waals surface area contributed by atoms with E-state index in [1.54, 1.807) is 0 Å². The molecular weight excluding hydrogens is 214 g/mol. The summed E-state index contributed by atoms with van der Waals surface area (Å²) in [7, 11) is 0. The van der Waals surface area contributed by atoms with Crippen molar-refractivity contribution in [1.29, 1.82) is 0 Å². The number of halogens is 1. The predicted molar refractivity (Wildman–Crippen MR) is 59.0 cm³/mol. The van der Waals surface area contributed by atoms with Gasteiger partial charge in [0.05, 0.1) is 5.71 Å². The molecule has 1 aliphatic carbocycles. The maximum atomic E-state index is 10.5. The number of aryl methyl sites for hydroxylation is 1. The second kappa shape index (κ2) is 3.90. The lowest BCUT2D eigenvalue weighted by Gasteiger charge is -2.00. The van der Waals surface area contributed by atoms with E-state index in [1.165, 1.54) is 0 Å². The topological polar surface area (TPSA) is 67.5 Å². The number of primary amides is 1. The number of nitrogens with zero attached hydrogens (tertiary/aromatic N) is 1. The molecule has 0 atom stereocenters. The molecule has 0 heterocycles. The average molecular weight is 224 g/mol. The number of benzene rings is 1. The van der Waals surface area contributed by atoms with E-state index in [4.69, 9.17) is 17.3 Å². The lowest BCUT2D eigenvalue weighted by molar-refractivity contribution is 0.249. The third kappa shape index (κ3) is 2.10. The summed E-state index contributed by atoms with van der Waals surface area (Å²) in [5.41, 5.74) is 10.2. The van der Waals surface area contributed by atoms with Crippen LogP contribution < -0.4 is 11.2 Å². The van der Waals surface area contributed by atoms with Crippen molar-refractivity contribution < 1.29 is 4.79 Å². The van der Waals surface area contributed by atoms with Gasteiger partial charge in [-0.2, -0.15) is 5.10 Å². The minimum Gasteiger partial charge on any atom is -0.350 e. The van der Waals surface area contributed by atoms with Crippen LogP contribution in [0.2, 0.25) is 5.02 Å². The van der Waals surface area contributed by atoms with Gasteiger partial charge in [-0.15, -0.1) is 0 Å². The molecule has 0 spiro atoms. The molecule has 0 aliphatic heterocycles. The number of fused-ring (bicyclic) bond motifs is 1. The summed E-state index contributed by atoms with van der Waals surface area (Å²) in [4.78, 5) is 10.5. The van der Waals surface area contributed by atoms with Gasteiger partial charge in [0.25, 0.3) is 0 Å². The van der Waals surface area contributed by atoms with Gasteiger partial charge < -0.3 is 5.73 Å². The highest BCUT2D eigenvalue weighted by Crippen LogP contribution is 2.25. The summed E-state index contributed by atoms with van der Waals surface area (Å²) >= 11 is 5.87. The Hall–Kier alpha value is -1.55. The fourth-order valence-corrected chi connectivity index (χ4v) is 1.87. The summed E-state index contributed by atoms with van der Waals surface area (Å²) in [6.45, 7) is 0. The molecule has 2 amide bonds. The van der Waals surface area contributed by atoms with Crippen molar-refractivity contribution in [2.24, 2.45) is 10.8 Å². The van der Waals surface area contributed by atoms with Crippen LogP contribution >= 0.6 is 11.6 Å². The zero-order chi connectivity index (χ0) is 10.8. The van der Waals surface area contributed by atoms with Crippen molar-refractivity contribution in [3.63, 3.8) is 0 Å². The van der Waals surface area contributed by atoms with Gasteiger partial charge in [-0.1, -0.05) is 17.7 Å². The number of hydrogen-bond acceptors (Lipinski definition) is 2. The second-order valence-corrected chi connectivity index (χ2v) is 3.77. The summed E-state index contributed by atoms with van der Waals surface area (Å²) in [6, 6.07) is 4.99. The Morgan fingerprint density at radius 1 is 1.47 bits per heavy atom. The fourth-order valence-electron chi connectivity index (χ4n) is 1.68. The lowest BCUT2D eigenvalue weighted by atomic mass is 10.1. The largest absolute Gasteiger partial charge is 0.350 e. The van der Waals surface area contributed by atoms with Crippen molar-refractivity contribution >= 4 is 23.3 Å². The van der Waals surface area contributed by atoms with Gasteiger partial charge in [0.2, 0.25) is 0 Å². The molecule has 0 fully saturated rings. The maximum Gasteiger partial charge on any atom is 0.332 e. The van der Waals surface area contributed by atoms with Crippen LogP contribution in [-0.4, -0.2) is 11.7 Å². The molecule has 0 aromatic heterocycles. The number of nitrogens with one attached hydrogen (secondary N) is 1. The molecule has 4 nitrogen and oxygen atoms in total. The van der Waals surface area contributed by atoms with E-state index >= 15 is 0 Å². The summed E-state index contributed by atoms with van der Waals surface area (Å²) in [5, 5.41) is 4.66. The Kier molecular flexibility index (Phi) is 2.60. The monoisotopic (exact) mass is 223 g/mol. The molecule has 2 rings (SSSR count). The van der Waals surface area contributed by atoms with Crippen LogP contribution in [0.4, 0.5) is 4.79 Å². The van der Waals surface area contributed by atoms with Crippen LogP contribution in [0, 0.1) is 0 Å². The lowest BCUT2D eigenvalue weighted by Crippen LogP contribution is -2.25. The molecule has 0 bridgehead atoms. The zero-order valence-electron chi connectivity index (χ0n) is 7.96. The van der Waals surface area contributed by atoms with E-state index in [9.17, 15) is 4.79 Å². The summed E-state index contributed by atoms with van der Waals surface area (Å²) < 4.78 is 0. The van der Waals surface area contributed by atoms with E-state index in [-0.39, 0.29) is 0 Å². The van der Waals surface area contributed by atoms with E-state index < -0.39 is 6.03 Å². The minimum atomic E-state index is -0.648.